The first-order chi connectivity index (χ1) is 11.1. The monoisotopic (exact) mass is 335 g/mol. The highest BCUT2D eigenvalue weighted by Gasteiger charge is 2.45. The van der Waals surface area contributed by atoms with E-state index < -0.39 is 11.0 Å². The van der Waals surface area contributed by atoms with E-state index >= 15 is 0 Å². The molecule has 0 radical (unpaired) electrons. The zero-order valence-corrected chi connectivity index (χ0v) is 14.2. The summed E-state index contributed by atoms with van der Waals surface area (Å²) in [6.07, 6.45) is 2.78. The van der Waals surface area contributed by atoms with E-state index in [0.29, 0.717) is 25.9 Å². The summed E-state index contributed by atoms with van der Waals surface area (Å²) in [6, 6.07) is 9.95. The molecule has 2 saturated heterocycles. The van der Waals surface area contributed by atoms with Crippen molar-refractivity contribution >= 4 is 17.7 Å². The number of hydrogen-bond donors (Lipinski definition) is 2. The van der Waals surface area contributed by atoms with Crippen LogP contribution in [0.25, 0.3) is 0 Å². The minimum atomic E-state index is -1.21. The number of carbonyl (C=O) groups is 1. The van der Waals surface area contributed by atoms with Crippen molar-refractivity contribution in [1.29, 1.82) is 0 Å². The third-order valence-corrected chi connectivity index (χ3v) is 6.26. The number of benzene rings is 1. The molecular formula is C18H25NO3S. The molecule has 1 atom stereocenters. The van der Waals surface area contributed by atoms with Crippen molar-refractivity contribution in [3.63, 3.8) is 0 Å². The van der Waals surface area contributed by atoms with Crippen molar-refractivity contribution in [2.24, 2.45) is 0 Å². The summed E-state index contributed by atoms with van der Waals surface area (Å²) in [4.78, 5) is 14.7. The lowest BCUT2D eigenvalue weighted by atomic mass is 9.74. The molecule has 0 saturated carbocycles. The maximum Gasteiger partial charge on any atom is 0.254 e. The lowest BCUT2D eigenvalue weighted by Crippen LogP contribution is -2.57. The van der Waals surface area contributed by atoms with Gasteiger partial charge in [0.1, 0.15) is 5.60 Å². The lowest BCUT2D eigenvalue weighted by Gasteiger charge is -2.45. The van der Waals surface area contributed by atoms with Gasteiger partial charge in [-0.3, -0.25) is 4.79 Å². The molecule has 0 bridgehead atoms. The number of aliphatic hydroxyl groups is 2. The van der Waals surface area contributed by atoms with Crippen LogP contribution in [0.15, 0.2) is 30.3 Å². The van der Waals surface area contributed by atoms with E-state index in [9.17, 15) is 15.0 Å². The first-order valence-corrected chi connectivity index (χ1v) is 9.51. The van der Waals surface area contributed by atoms with Crippen molar-refractivity contribution in [1.82, 2.24) is 4.90 Å². The molecule has 2 fully saturated rings. The second kappa shape index (κ2) is 6.83. The SMILES string of the molecule is O=C(N1CCCC(CO)(c2ccccc2)C1)C1(O)CCSCC1. The molecule has 2 aliphatic heterocycles. The summed E-state index contributed by atoms with van der Waals surface area (Å²) in [5.41, 5.74) is -0.540. The van der Waals surface area contributed by atoms with E-state index in [4.69, 9.17) is 0 Å². The highest BCUT2D eigenvalue weighted by atomic mass is 32.2. The number of aliphatic hydroxyl groups excluding tert-OH is 1. The summed E-state index contributed by atoms with van der Waals surface area (Å²) >= 11 is 1.79. The standard InChI is InChI=1S/C18H25NO3S/c20-14-17(15-5-2-1-3-6-15)7-4-10-19(13-17)16(21)18(22)8-11-23-12-9-18/h1-3,5-6,20,22H,4,7-14H2. The Hall–Kier alpha value is -1.04. The van der Waals surface area contributed by atoms with E-state index in [0.717, 1.165) is 29.9 Å². The van der Waals surface area contributed by atoms with Crippen molar-refractivity contribution in [2.75, 3.05) is 31.2 Å². The normalized spacial score (nSPS) is 27.7. The van der Waals surface area contributed by atoms with Crippen molar-refractivity contribution < 1.29 is 15.0 Å². The van der Waals surface area contributed by atoms with Crippen LogP contribution in [0.5, 0.6) is 0 Å². The number of likely N-dealkylation sites (tertiary alicyclic amines) is 1. The van der Waals surface area contributed by atoms with Crippen LogP contribution in [-0.4, -0.2) is 57.8 Å². The van der Waals surface area contributed by atoms with Crippen LogP contribution in [-0.2, 0) is 10.2 Å². The number of carbonyl (C=O) groups excluding carboxylic acids is 1. The molecule has 4 nitrogen and oxygen atoms in total. The average molecular weight is 335 g/mol. The number of thioether (sulfide) groups is 1. The van der Waals surface area contributed by atoms with E-state index in [1.807, 2.05) is 30.3 Å². The molecule has 2 N–H and O–H groups in total. The molecule has 0 aromatic heterocycles. The quantitative estimate of drug-likeness (QED) is 0.884. The predicted molar refractivity (Wildman–Crippen MR) is 92.5 cm³/mol. The smallest absolute Gasteiger partial charge is 0.254 e. The zero-order valence-electron chi connectivity index (χ0n) is 13.4. The Bertz CT molecular complexity index is 544. The van der Waals surface area contributed by atoms with Crippen LogP contribution in [0, 0.1) is 0 Å². The van der Waals surface area contributed by atoms with Gasteiger partial charge in [0.05, 0.1) is 6.61 Å². The molecule has 1 aromatic carbocycles. The molecule has 1 amide bonds. The van der Waals surface area contributed by atoms with Gasteiger partial charge in [0.15, 0.2) is 0 Å². The maximum absolute atomic E-state index is 12.9. The third kappa shape index (κ3) is 3.28. The summed E-state index contributed by atoms with van der Waals surface area (Å²) in [5, 5.41) is 20.8. The van der Waals surface area contributed by atoms with E-state index in [-0.39, 0.29) is 12.5 Å². The molecule has 23 heavy (non-hydrogen) atoms. The van der Waals surface area contributed by atoms with Gasteiger partial charge in [-0.15, -0.1) is 0 Å². The van der Waals surface area contributed by atoms with Gasteiger partial charge in [-0.05, 0) is 42.8 Å². The topological polar surface area (TPSA) is 60.8 Å². The number of amides is 1. The first-order valence-electron chi connectivity index (χ1n) is 8.36. The fraction of sp³-hybridized carbons (Fsp3) is 0.611. The number of rotatable bonds is 3. The fourth-order valence-electron chi connectivity index (χ4n) is 3.77. The van der Waals surface area contributed by atoms with E-state index in [1.165, 1.54) is 0 Å². The Balaban J connectivity index is 1.81. The van der Waals surface area contributed by atoms with Crippen molar-refractivity contribution in [2.45, 2.75) is 36.7 Å². The zero-order chi connectivity index (χ0) is 16.3. The Kier molecular flexibility index (Phi) is 4.99. The second-order valence-corrected chi connectivity index (χ2v) is 8.00. The molecule has 0 aliphatic carbocycles. The Morgan fingerprint density at radius 2 is 1.87 bits per heavy atom. The minimum absolute atomic E-state index is 0.0229. The highest BCUT2D eigenvalue weighted by molar-refractivity contribution is 7.99. The van der Waals surface area contributed by atoms with Crippen LogP contribution >= 0.6 is 11.8 Å². The van der Waals surface area contributed by atoms with Crippen LogP contribution in [0.4, 0.5) is 0 Å². The van der Waals surface area contributed by atoms with Crippen LogP contribution in [0.2, 0.25) is 0 Å². The van der Waals surface area contributed by atoms with Crippen LogP contribution in [0.1, 0.15) is 31.2 Å². The Labute approximate surface area is 141 Å². The van der Waals surface area contributed by atoms with Gasteiger partial charge in [0.2, 0.25) is 0 Å². The Morgan fingerprint density at radius 1 is 1.17 bits per heavy atom. The molecule has 1 aromatic rings. The highest BCUT2D eigenvalue weighted by Crippen LogP contribution is 2.36. The molecular weight excluding hydrogens is 310 g/mol. The van der Waals surface area contributed by atoms with Gasteiger partial charge in [-0.2, -0.15) is 11.8 Å². The third-order valence-electron chi connectivity index (χ3n) is 5.27. The second-order valence-electron chi connectivity index (χ2n) is 6.78. The minimum Gasteiger partial charge on any atom is -0.395 e. The molecule has 126 valence electrons. The molecule has 0 spiro atoms. The molecule has 1 unspecified atom stereocenters. The number of hydrogen-bond acceptors (Lipinski definition) is 4. The molecule has 2 heterocycles. The summed E-state index contributed by atoms with van der Waals surface area (Å²) in [5.74, 6) is 1.52. The first kappa shape index (κ1) is 16.8. The summed E-state index contributed by atoms with van der Waals surface area (Å²) in [7, 11) is 0. The predicted octanol–water partition coefficient (Wildman–Crippen LogP) is 1.80. The van der Waals surface area contributed by atoms with Gasteiger partial charge in [-0.1, -0.05) is 30.3 Å². The van der Waals surface area contributed by atoms with Gasteiger partial charge >= 0.3 is 0 Å². The maximum atomic E-state index is 12.9. The average Bonchev–Trinajstić information content (AvgIpc) is 2.62. The van der Waals surface area contributed by atoms with Gasteiger partial charge < -0.3 is 15.1 Å². The Morgan fingerprint density at radius 3 is 2.52 bits per heavy atom. The van der Waals surface area contributed by atoms with Crippen molar-refractivity contribution in [3.05, 3.63) is 35.9 Å². The summed E-state index contributed by atoms with van der Waals surface area (Å²) in [6.45, 7) is 1.18. The van der Waals surface area contributed by atoms with Gasteiger partial charge in [0, 0.05) is 18.5 Å². The number of nitrogens with zero attached hydrogens (tertiary/aromatic N) is 1. The molecule has 2 aliphatic rings. The summed E-state index contributed by atoms with van der Waals surface area (Å²) < 4.78 is 0. The van der Waals surface area contributed by atoms with Gasteiger partial charge in [-0.25, -0.2) is 0 Å². The van der Waals surface area contributed by atoms with Crippen LogP contribution < -0.4 is 0 Å². The van der Waals surface area contributed by atoms with E-state index in [2.05, 4.69) is 0 Å². The molecule has 5 heteroatoms. The fourth-order valence-corrected chi connectivity index (χ4v) is 4.94. The molecule has 3 rings (SSSR count). The van der Waals surface area contributed by atoms with Gasteiger partial charge in [0.25, 0.3) is 5.91 Å². The van der Waals surface area contributed by atoms with Crippen LogP contribution in [0.3, 0.4) is 0 Å². The lowest BCUT2D eigenvalue weighted by molar-refractivity contribution is -0.155. The largest absolute Gasteiger partial charge is 0.395 e. The van der Waals surface area contributed by atoms with Crippen molar-refractivity contribution in [3.8, 4) is 0 Å². The van der Waals surface area contributed by atoms with E-state index in [1.54, 1.807) is 16.7 Å². The number of piperidine rings is 1.